The summed E-state index contributed by atoms with van der Waals surface area (Å²) in [6, 6.07) is 19.3. The minimum Gasteiger partial charge on any atom is -1.00 e. The second-order valence-electron chi connectivity index (χ2n) is 10.7. The van der Waals surface area contributed by atoms with Crippen LogP contribution < -0.4 is 24.8 Å². The molecule has 4 saturated carbocycles. The summed E-state index contributed by atoms with van der Waals surface area (Å²) in [4.78, 5) is 0. The van der Waals surface area contributed by atoms with Crippen LogP contribution in [0.15, 0.2) is 71.8 Å². The van der Waals surface area contributed by atoms with Crippen LogP contribution in [0.3, 0.4) is 0 Å². The van der Waals surface area contributed by atoms with E-state index >= 15 is 0 Å². The van der Waals surface area contributed by atoms with E-state index in [0.717, 1.165) is 17.8 Å². The molecule has 3 heteroatoms. The summed E-state index contributed by atoms with van der Waals surface area (Å²) in [6.45, 7) is 4.61. The molecule has 0 spiro atoms. The summed E-state index contributed by atoms with van der Waals surface area (Å²) >= 11 is 0. The smallest absolute Gasteiger partial charge is 1.00 e. The fourth-order valence-electron chi connectivity index (χ4n) is 7.73. The molecule has 3 aromatic rings. The van der Waals surface area contributed by atoms with Crippen molar-refractivity contribution in [2.75, 3.05) is 0 Å². The van der Waals surface area contributed by atoms with Crippen molar-refractivity contribution in [3.8, 4) is 0 Å². The van der Waals surface area contributed by atoms with Crippen LogP contribution in [0.25, 0.3) is 21.5 Å². The largest absolute Gasteiger partial charge is 4.00 e. The van der Waals surface area contributed by atoms with Gasteiger partial charge in [0.1, 0.15) is 0 Å². The van der Waals surface area contributed by atoms with Gasteiger partial charge in [0.05, 0.1) is 0 Å². The second-order valence-corrected chi connectivity index (χ2v) is 10.7. The van der Waals surface area contributed by atoms with E-state index < -0.39 is 0 Å². The number of halogens is 2. The van der Waals surface area contributed by atoms with E-state index in [1.165, 1.54) is 40.8 Å². The number of fused-ring (bicyclic) bond motifs is 3. The van der Waals surface area contributed by atoms with E-state index in [1.807, 2.05) is 0 Å². The molecule has 0 heterocycles. The van der Waals surface area contributed by atoms with Crippen molar-refractivity contribution < 1.29 is 51.0 Å². The molecule has 1 atom stereocenters. The van der Waals surface area contributed by atoms with Gasteiger partial charge in [-0.05, 0) is 61.7 Å². The fraction of sp³-hybridized carbons (Fsp3) is 0.433. The van der Waals surface area contributed by atoms with E-state index in [2.05, 4.69) is 80.6 Å². The molecule has 5 aliphatic carbocycles. The normalized spacial score (nSPS) is 31.0. The van der Waals surface area contributed by atoms with E-state index in [0.29, 0.717) is 11.3 Å². The summed E-state index contributed by atoms with van der Waals surface area (Å²) in [6.07, 6.45) is 15.3. The van der Waals surface area contributed by atoms with Gasteiger partial charge in [-0.2, -0.15) is 6.08 Å². The molecule has 0 radical (unpaired) electrons. The molecule has 5 aliphatic rings. The molecule has 8 rings (SSSR count). The molecule has 170 valence electrons. The molecule has 3 aromatic carbocycles. The van der Waals surface area contributed by atoms with Gasteiger partial charge in [0.2, 0.25) is 0 Å². The van der Waals surface area contributed by atoms with Crippen molar-refractivity contribution in [3.05, 3.63) is 77.9 Å². The number of benzene rings is 2. The zero-order valence-corrected chi connectivity index (χ0v) is 23.6. The first-order chi connectivity index (χ1) is 14.6. The molecule has 0 aliphatic heterocycles. The Morgan fingerprint density at radius 3 is 1.67 bits per heavy atom. The SMILES string of the molecule is CC1=CC(C)[C-]=C1C12CC3CC(CC(C3)C1)C2.[Cl-].[Cl-].[Zr+4].c1ccc2c(c1)[cH-]c1ccccc12. The Morgan fingerprint density at radius 2 is 1.24 bits per heavy atom. The Morgan fingerprint density at radius 1 is 0.788 bits per heavy atom. The van der Waals surface area contributed by atoms with E-state index in [4.69, 9.17) is 0 Å². The Kier molecular flexibility index (Phi) is 8.52. The van der Waals surface area contributed by atoms with Gasteiger partial charge in [-0.1, -0.05) is 49.2 Å². The minimum atomic E-state index is 0. The summed E-state index contributed by atoms with van der Waals surface area (Å²) in [5.41, 5.74) is 3.77. The average molecular weight is 555 g/mol. The standard InChI is InChI=1S/C17H23.C13H9.2ClH.Zr/c1-11-3-12(2)16(4-11)17-8-13-5-14(9-17)7-15(6-13)10-17;1-3-7-12-10(5-1)9-11-6-2-4-8-13(11)12;;;/h3,11,13-15H,5-10H2,1-2H3;1-9H;2*1H;/q2*-1;;;+4/p-2. The van der Waals surface area contributed by atoms with Crippen LogP contribution in [0.4, 0.5) is 0 Å². The first-order valence-corrected chi connectivity index (χ1v) is 12.0. The van der Waals surface area contributed by atoms with Gasteiger partial charge in [-0.3, -0.25) is 6.08 Å². The maximum Gasteiger partial charge on any atom is 4.00 e. The van der Waals surface area contributed by atoms with Gasteiger partial charge in [0.25, 0.3) is 0 Å². The molecule has 0 amide bonds. The molecule has 0 nitrogen and oxygen atoms in total. The van der Waals surface area contributed by atoms with Gasteiger partial charge in [0.15, 0.2) is 0 Å². The molecule has 33 heavy (non-hydrogen) atoms. The fourth-order valence-corrected chi connectivity index (χ4v) is 7.73. The molecule has 0 saturated heterocycles. The molecule has 1 unspecified atom stereocenters. The van der Waals surface area contributed by atoms with Gasteiger partial charge < -0.3 is 24.8 Å². The van der Waals surface area contributed by atoms with Crippen molar-refractivity contribution in [1.29, 1.82) is 0 Å². The number of hydrogen-bond donors (Lipinski definition) is 0. The van der Waals surface area contributed by atoms with Crippen molar-refractivity contribution in [3.63, 3.8) is 0 Å². The third-order valence-corrected chi connectivity index (χ3v) is 8.36. The first kappa shape index (κ1) is 26.9. The third-order valence-electron chi connectivity index (χ3n) is 8.36. The Bertz CT molecular complexity index is 1080. The predicted octanol–water partition coefficient (Wildman–Crippen LogP) is 2.25. The second kappa shape index (κ2) is 10.5. The molecule has 0 N–H and O–H groups in total. The van der Waals surface area contributed by atoms with Crippen LogP contribution in [0, 0.1) is 35.2 Å². The van der Waals surface area contributed by atoms with Gasteiger partial charge in [-0.25, -0.2) is 11.1 Å². The van der Waals surface area contributed by atoms with E-state index in [-0.39, 0.29) is 51.0 Å². The predicted molar refractivity (Wildman–Crippen MR) is 127 cm³/mol. The van der Waals surface area contributed by atoms with Crippen molar-refractivity contribution in [2.45, 2.75) is 52.4 Å². The maximum atomic E-state index is 3.78. The van der Waals surface area contributed by atoms with Crippen LogP contribution in [0.2, 0.25) is 0 Å². The molecule has 4 fully saturated rings. The average Bonchev–Trinajstić information content (AvgIpc) is 3.27. The van der Waals surface area contributed by atoms with Gasteiger partial charge in [-0.15, -0.1) is 46.7 Å². The van der Waals surface area contributed by atoms with Crippen molar-refractivity contribution in [1.82, 2.24) is 0 Å². The molecular weight excluding hydrogens is 522 g/mol. The van der Waals surface area contributed by atoms with E-state index in [9.17, 15) is 0 Å². The van der Waals surface area contributed by atoms with Crippen molar-refractivity contribution in [2.24, 2.45) is 29.1 Å². The summed E-state index contributed by atoms with van der Waals surface area (Å²) in [5, 5.41) is 5.39. The van der Waals surface area contributed by atoms with Crippen LogP contribution in [0.1, 0.15) is 52.4 Å². The van der Waals surface area contributed by atoms with Crippen LogP contribution in [-0.2, 0) is 26.2 Å². The molecule has 4 bridgehead atoms. The van der Waals surface area contributed by atoms with Gasteiger partial charge in [0, 0.05) is 0 Å². The Hall–Kier alpha value is -0.747. The van der Waals surface area contributed by atoms with E-state index in [1.54, 1.807) is 30.4 Å². The third kappa shape index (κ3) is 4.85. The summed E-state index contributed by atoms with van der Waals surface area (Å²) in [7, 11) is 0. The number of hydrogen-bond acceptors (Lipinski definition) is 0. The molecule has 0 aromatic heterocycles. The zero-order chi connectivity index (χ0) is 20.3. The number of rotatable bonds is 1. The number of allylic oxidation sites excluding steroid dienone is 4. The summed E-state index contributed by atoms with van der Waals surface area (Å²) < 4.78 is 0. The Labute approximate surface area is 230 Å². The monoisotopic (exact) mass is 552 g/mol. The van der Waals surface area contributed by atoms with Crippen LogP contribution in [0.5, 0.6) is 0 Å². The van der Waals surface area contributed by atoms with Crippen molar-refractivity contribution >= 4 is 21.5 Å². The summed E-state index contributed by atoms with van der Waals surface area (Å²) in [5.74, 6) is 3.73. The minimum absolute atomic E-state index is 0. The first-order valence-electron chi connectivity index (χ1n) is 12.0. The quantitative estimate of drug-likeness (QED) is 0.405. The maximum absolute atomic E-state index is 3.78. The van der Waals surface area contributed by atoms with Crippen LogP contribution >= 0.6 is 0 Å². The topological polar surface area (TPSA) is 0 Å². The zero-order valence-electron chi connectivity index (χ0n) is 19.6. The Balaban J connectivity index is 0.000000175. The van der Waals surface area contributed by atoms with Crippen LogP contribution in [-0.4, -0.2) is 0 Å². The molecular formula is C30H32Cl2Zr. The van der Waals surface area contributed by atoms with Gasteiger partial charge >= 0.3 is 26.2 Å².